The van der Waals surface area contributed by atoms with Gasteiger partial charge in [-0.1, -0.05) is 6.07 Å². The Morgan fingerprint density at radius 1 is 1.37 bits per heavy atom. The molecule has 0 spiro atoms. The number of hydrogen-bond acceptors (Lipinski definition) is 1. The average Bonchev–Trinajstić information content (AvgIpc) is 2.83. The average molecular weight is 308 g/mol. The molecule has 1 saturated carbocycles. The Labute approximate surface area is 120 Å². The molecule has 1 aromatic carbocycles. The molecule has 2 rings (SSSR count). The molecule has 0 bridgehead atoms. The van der Waals surface area contributed by atoms with Crippen molar-refractivity contribution in [3.05, 3.63) is 35.4 Å². The van der Waals surface area contributed by atoms with Gasteiger partial charge in [-0.05, 0) is 38.0 Å². The second kappa shape index (κ2) is 4.60. The topological polar surface area (TPSA) is 29.1 Å². The summed E-state index contributed by atoms with van der Waals surface area (Å²) in [6, 6.07) is 3.06. The van der Waals surface area contributed by atoms with E-state index in [1.54, 1.807) is 13.8 Å². The Morgan fingerprint density at radius 3 is 2.42 bits per heavy atom. The van der Waals surface area contributed by atoms with E-state index in [1.807, 2.05) is 0 Å². The summed E-state index contributed by atoms with van der Waals surface area (Å²) >= 11 is 11.8. The standard InChI is InChI=1S/C13H13Cl2F2NO/c1-7(8-3-4-9(16)10(17)5-8)18-11(19)12(2)6-13(12,14)15/h3-5,7H,6H2,1-2H3,(H,18,19). The zero-order valence-corrected chi connectivity index (χ0v) is 11.9. The maximum atomic E-state index is 13.1. The van der Waals surface area contributed by atoms with Gasteiger partial charge in [0.15, 0.2) is 11.6 Å². The molecule has 1 fully saturated rings. The molecule has 0 saturated heterocycles. The third kappa shape index (κ3) is 2.56. The fourth-order valence-electron chi connectivity index (χ4n) is 1.87. The van der Waals surface area contributed by atoms with Crippen molar-refractivity contribution in [2.75, 3.05) is 0 Å². The molecule has 2 unspecified atom stereocenters. The minimum absolute atomic E-state index is 0.297. The number of amides is 1. The molecular weight excluding hydrogens is 295 g/mol. The SMILES string of the molecule is CC(NC(=O)C1(C)CC1(Cl)Cl)c1ccc(F)c(F)c1. The van der Waals surface area contributed by atoms with Gasteiger partial charge in [0.2, 0.25) is 5.91 Å². The van der Waals surface area contributed by atoms with E-state index < -0.39 is 27.4 Å². The molecule has 1 N–H and O–H groups in total. The first-order valence-corrected chi connectivity index (χ1v) is 6.57. The van der Waals surface area contributed by atoms with Gasteiger partial charge in [-0.25, -0.2) is 8.78 Å². The lowest BCUT2D eigenvalue weighted by molar-refractivity contribution is -0.126. The van der Waals surface area contributed by atoms with Gasteiger partial charge in [0.1, 0.15) is 4.33 Å². The van der Waals surface area contributed by atoms with Crippen LogP contribution in [0, 0.1) is 17.0 Å². The Kier molecular flexibility index (Phi) is 3.52. The van der Waals surface area contributed by atoms with Crippen LogP contribution in [-0.2, 0) is 4.79 Å². The summed E-state index contributed by atoms with van der Waals surface area (Å²) < 4.78 is 24.9. The van der Waals surface area contributed by atoms with Crippen LogP contribution in [0.4, 0.5) is 8.78 Å². The zero-order valence-electron chi connectivity index (χ0n) is 10.4. The van der Waals surface area contributed by atoms with Crippen molar-refractivity contribution in [3.8, 4) is 0 Å². The van der Waals surface area contributed by atoms with Crippen molar-refractivity contribution < 1.29 is 13.6 Å². The van der Waals surface area contributed by atoms with E-state index in [9.17, 15) is 13.6 Å². The van der Waals surface area contributed by atoms with E-state index in [0.717, 1.165) is 12.1 Å². The highest BCUT2D eigenvalue weighted by atomic mass is 35.5. The monoisotopic (exact) mass is 307 g/mol. The summed E-state index contributed by atoms with van der Waals surface area (Å²) in [5, 5.41) is 2.70. The number of halogens is 4. The Bertz CT molecular complexity index is 535. The minimum Gasteiger partial charge on any atom is -0.349 e. The van der Waals surface area contributed by atoms with Gasteiger partial charge in [-0.2, -0.15) is 0 Å². The lowest BCUT2D eigenvalue weighted by Crippen LogP contribution is -2.35. The third-order valence-corrected chi connectivity index (χ3v) is 4.65. The minimum atomic E-state index is -1.05. The van der Waals surface area contributed by atoms with E-state index in [-0.39, 0.29) is 5.91 Å². The predicted octanol–water partition coefficient (Wildman–Crippen LogP) is 3.73. The van der Waals surface area contributed by atoms with Crippen molar-refractivity contribution in [1.82, 2.24) is 5.32 Å². The quantitative estimate of drug-likeness (QED) is 0.847. The highest BCUT2D eigenvalue weighted by Crippen LogP contribution is 2.63. The van der Waals surface area contributed by atoms with Crippen LogP contribution >= 0.6 is 23.2 Å². The van der Waals surface area contributed by atoms with E-state index in [1.165, 1.54) is 6.07 Å². The summed E-state index contributed by atoms with van der Waals surface area (Å²) in [5.74, 6) is -2.16. The fourth-order valence-corrected chi connectivity index (χ4v) is 2.57. The molecule has 6 heteroatoms. The second-order valence-corrected chi connectivity index (χ2v) is 6.57. The zero-order chi connectivity index (χ0) is 14.4. The largest absolute Gasteiger partial charge is 0.349 e. The van der Waals surface area contributed by atoms with Crippen LogP contribution in [0.3, 0.4) is 0 Å². The predicted molar refractivity (Wildman–Crippen MR) is 70.1 cm³/mol. The third-order valence-electron chi connectivity index (χ3n) is 3.55. The molecule has 0 radical (unpaired) electrons. The first-order chi connectivity index (χ1) is 8.67. The van der Waals surface area contributed by atoms with Crippen LogP contribution in [0.15, 0.2) is 18.2 Å². The maximum absolute atomic E-state index is 13.1. The van der Waals surface area contributed by atoms with Gasteiger partial charge in [-0.3, -0.25) is 4.79 Å². The molecule has 1 amide bonds. The summed E-state index contributed by atoms with van der Waals surface area (Å²) in [6.45, 7) is 3.35. The van der Waals surface area contributed by atoms with E-state index in [0.29, 0.717) is 12.0 Å². The molecule has 104 valence electrons. The Morgan fingerprint density at radius 2 is 1.95 bits per heavy atom. The van der Waals surface area contributed by atoms with Crippen LogP contribution in [0.2, 0.25) is 0 Å². The fraction of sp³-hybridized carbons (Fsp3) is 0.462. The molecule has 1 aliphatic rings. The Hall–Kier alpha value is -0.870. The van der Waals surface area contributed by atoms with Gasteiger partial charge in [0.05, 0.1) is 11.5 Å². The summed E-state index contributed by atoms with van der Waals surface area (Å²) in [4.78, 5) is 12.0. The van der Waals surface area contributed by atoms with E-state index >= 15 is 0 Å². The number of carbonyl (C=O) groups is 1. The van der Waals surface area contributed by atoms with Gasteiger partial charge in [-0.15, -0.1) is 23.2 Å². The van der Waals surface area contributed by atoms with Crippen LogP contribution in [0.1, 0.15) is 31.9 Å². The molecule has 1 aliphatic carbocycles. The van der Waals surface area contributed by atoms with Crippen molar-refractivity contribution in [3.63, 3.8) is 0 Å². The van der Waals surface area contributed by atoms with Gasteiger partial charge in [0.25, 0.3) is 0 Å². The smallest absolute Gasteiger partial charge is 0.229 e. The lowest BCUT2D eigenvalue weighted by atomic mass is 10.1. The van der Waals surface area contributed by atoms with Gasteiger partial charge >= 0.3 is 0 Å². The molecule has 0 aliphatic heterocycles. The van der Waals surface area contributed by atoms with Crippen LogP contribution in [0.5, 0.6) is 0 Å². The first-order valence-electron chi connectivity index (χ1n) is 5.81. The highest BCUT2D eigenvalue weighted by Gasteiger charge is 2.67. The van der Waals surface area contributed by atoms with Crippen molar-refractivity contribution in [2.24, 2.45) is 5.41 Å². The summed E-state index contributed by atoms with van der Waals surface area (Å²) in [6.07, 6.45) is 0.374. The molecule has 0 aromatic heterocycles. The summed E-state index contributed by atoms with van der Waals surface area (Å²) in [7, 11) is 0. The van der Waals surface area contributed by atoms with Crippen LogP contribution in [0.25, 0.3) is 0 Å². The normalized spacial score (nSPS) is 25.8. The van der Waals surface area contributed by atoms with Gasteiger partial charge in [0, 0.05) is 0 Å². The molecule has 2 atom stereocenters. The highest BCUT2D eigenvalue weighted by molar-refractivity contribution is 6.53. The number of benzene rings is 1. The van der Waals surface area contributed by atoms with E-state index in [4.69, 9.17) is 23.2 Å². The first kappa shape index (κ1) is 14.5. The molecular formula is C13H13Cl2F2NO. The van der Waals surface area contributed by atoms with E-state index in [2.05, 4.69) is 5.32 Å². The molecule has 2 nitrogen and oxygen atoms in total. The second-order valence-electron chi connectivity index (χ2n) is 5.08. The lowest BCUT2D eigenvalue weighted by Gasteiger charge is -2.18. The van der Waals surface area contributed by atoms with Crippen LogP contribution in [-0.4, -0.2) is 10.2 Å². The van der Waals surface area contributed by atoms with Crippen molar-refractivity contribution >= 4 is 29.1 Å². The van der Waals surface area contributed by atoms with Crippen molar-refractivity contribution in [1.29, 1.82) is 0 Å². The maximum Gasteiger partial charge on any atom is 0.229 e. The molecule has 0 heterocycles. The number of nitrogens with one attached hydrogen (secondary N) is 1. The summed E-state index contributed by atoms with van der Waals surface area (Å²) in [5.41, 5.74) is -0.352. The van der Waals surface area contributed by atoms with Gasteiger partial charge < -0.3 is 5.32 Å². The Balaban J connectivity index is 2.07. The number of carbonyl (C=O) groups excluding carboxylic acids is 1. The number of rotatable bonds is 3. The molecule has 19 heavy (non-hydrogen) atoms. The number of alkyl halides is 2. The van der Waals surface area contributed by atoms with Crippen LogP contribution < -0.4 is 5.32 Å². The number of hydrogen-bond donors (Lipinski definition) is 1. The molecule has 1 aromatic rings. The van der Waals surface area contributed by atoms with Crippen molar-refractivity contribution in [2.45, 2.75) is 30.6 Å².